The molecule has 22 heavy (non-hydrogen) atoms. The number of likely N-dealkylation sites (N-methyl/N-ethyl adjacent to an activating group) is 1. The molecule has 0 bridgehead atoms. The lowest BCUT2D eigenvalue weighted by Crippen LogP contribution is -2.25. The number of benzene rings is 1. The van der Waals surface area contributed by atoms with Gasteiger partial charge in [0.05, 0.1) is 28.9 Å². The number of hydrogen-bond acceptors (Lipinski definition) is 3. The third-order valence-electron chi connectivity index (χ3n) is 3.32. The van der Waals surface area contributed by atoms with E-state index < -0.39 is 0 Å². The minimum absolute atomic E-state index is 0.464. The Bertz CT molecular complexity index is 691. The zero-order chi connectivity index (χ0) is 16.1. The van der Waals surface area contributed by atoms with Crippen molar-refractivity contribution in [3.05, 3.63) is 46.2 Å². The third kappa shape index (κ3) is 3.82. The summed E-state index contributed by atoms with van der Waals surface area (Å²) in [6.45, 7) is 2.13. The quantitative estimate of drug-likeness (QED) is 0.803. The van der Waals surface area contributed by atoms with Crippen LogP contribution in [-0.4, -0.2) is 36.8 Å². The van der Waals surface area contributed by atoms with Gasteiger partial charge in [0.25, 0.3) is 0 Å². The zero-order valence-electron chi connectivity index (χ0n) is 12.5. The molecule has 0 amide bonds. The van der Waals surface area contributed by atoms with Crippen molar-refractivity contribution in [2.45, 2.75) is 6.67 Å². The molecule has 2 aromatic rings. The Morgan fingerprint density at radius 2 is 2.05 bits per heavy atom. The number of halogens is 2. The summed E-state index contributed by atoms with van der Waals surface area (Å²) in [5.74, 6) is 0. The minimum Gasteiger partial charge on any atom is -0.383 e. The normalized spacial score (nSPS) is 10.9. The molecule has 6 heteroatoms. The van der Waals surface area contributed by atoms with E-state index in [1.54, 1.807) is 13.2 Å². The predicted octanol–water partition coefficient (Wildman–Crippen LogP) is 3.87. The van der Waals surface area contributed by atoms with Gasteiger partial charge in [-0.2, -0.15) is 5.26 Å². The molecule has 0 aliphatic rings. The Morgan fingerprint density at radius 1 is 1.27 bits per heavy atom. The van der Waals surface area contributed by atoms with E-state index in [0.717, 1.165) is 17.7 Å². The van der Waals surface area contributed by atoms with E-state index in [-0.39, 0.29) is 0 Å². The topological polar surface area (TPSA) is 41.2 Å². The number of ether oxygens (including phenoxy) is 1. The summed E-state index contributed by atoms with van der Waals surface area (Å²) in [5.41, 5.74) is 2.13. The van der Waals surface area contributed by atoms with Crippen LogP contribution in [0.25, 0.3) is 11.1 Å². The van der Waals surface area contributed by atoms with Crippen LogP contribution >= 0.6 is 23.2 Å². The second-order valence-electron chi connectivity index (χ2n) is 5.03. The van der Waals surface area contributed by atoms with Crippen molar-refractivity contribution in [2.24, 2.45) is 0 Å². The van der Waals surface area contributed by atoms with Crippen molar-refractivity contribution < 1.29 is 4.74 Å². The first-order valence-corrected chi connectivity index (χ1v) is 7.54. The first-order chi connectivity index (χ1) is 10.6. The molecule has 0 aliphatic heterocycles. The first-order valence-electron chi connectivity index (χ1n) is 6.78. The lowest BCUT2D eigenvalue weighted by Gasteiger charge is -2.16. The van der Waals surface area contributed by atoms with Crippen molar-refractivity contribution in [1.29, 1.82) is 5.26 Å². The molecule has 4 nitrogen and oxygen atoms in total. The van der Waals surface area contributed by atoms with Crippen LogP contribution in [-0.2, 0) is 11.4 Å². The van der Waals surface area contributed by atoms with E-state index in [1.165, 1.54) is 0 Å². The average Bonchev–Trinajstić information content (AvgIpc) is 2.90. The molecule has 116 valence electrons. The van der Waals surface area contributed by atoms with Gasteiger partial charge in [0, 0.05) is 37.2 Å². The molecule has 1 aromatic heterocycles. The zero-order valence-corrected chi connectivity index (χ0v) is 14.0. The number of nitriles is 1. The van der Waals surface area contributed by atoms with Gasteiger partial charge in [0.1, 0.15) is 6.07 Å². The van der Waals surface area contributed by atoms with E-state index in [0.29, 0.717) is 28.9 Å². The standard InChI is InChI=1S/C16H17Cl2N3O/c1-20(6-7-22-2)11-21-9-12(8-19)14(10-21)13-4-3-5-15(17)16(13)18/h3-5,9-10H,6-7,11H2,1-2H3. The maximum Gasteiger partial charge on any atom is 0.101 e. The molecular weight excluding hydrogens is 321 g/mol. The minimum atomic E-state index is 0.464. The SMILES string of the molecule is COCCN(C)Cn1cc(C#N)c(-c2cccc(Cl)c2Cl)c1. The summed E-state index contributed by atoms with van der Waals surface area (Å²) in [6, 6.07) is 7.63. The van der Waals surface area contributed by atoms with Gasteiger partial charge in [-0.15, -0.1) is 0 Å². The molecule has 0 saturated carbocycles. The van der Waals surface area contributed by atoms with Crippen LogP contribution in [0.4, 0.5) is 0 Å². The fourth-order valence-corrected chi connectivity index (χ4v) is 2.60. The van der Waals surface area contributed by atoms with E-state index >= 15 is 0 Å². The van der Waals surface area contributed by atoms with Gasteiger partial charge in [-0.1, -0.05) is 35.3 Å². The van der Waals surface area contributed by atoms with Crippen LogP contribution in [0, 0.1) is 11.3 Å². The molecule has 0 radical (unpaired) electrons. The Kier molecular flexibility index (Phi) is 5.87. The van der Waals surface area contributed by atoms with Gasteiger partial charge in [-0.3, -0.25) is 4.90 Å². The number of methoxy groups -OCH3 is 1. The molecule has 0 unspecified atom stereocenters. The monoisotopic (exact) mass is 337 g/mol. The summed E-state index contributed by atoms with van der Waals surface area (Å²) >= 11 is 12.3. The summed E-state index contributed by atoms with van der Waals surface area (Å²) in [7, 11) is 3.67. The molecule has 0 spiro atoms. The molecule has 0 saturated heterocycles. The average molecular weight is 338 g/mol. The van der Waals surface area contributed by atoms with E-state index in [1.807, 2.05) is 36.1 Å². The highest BCUT2D eigenvalue weighted by atomic mass is 35.5. The number of rotatable bonds is 6. The molecule has 1 heterocycles. The van der Waals surface area contributed by atoms with Gasteiger partial charge in [-0.25, -0.2) is 0 Å². The van der Waals surface area contributed by atoms with Crippen LogP contribution in [0.2, 0.25) is 10.0 Å². The number of aromatic nitrogens is 1. The molecule has 2 rings (SSSR count). The number of nitrogens with zero attached hydrogens (tertiary/aromatic N) is 3. The van der Waals surface area contributed by atoms with Gasteiger partial charge in [0.2, 0.25) is 0 Å². The predicted molar refractivity (Wildman–Crippen MR) is 89.1 cm³/mol. The van der Waals surface area contributed by atoms with Gasteiger partial charge in [-0.05, 0) is 13.1 Å². The van der Waals surface area contributed by atoms with Crippen molar-refractivity contribution >= 4 is 23.2 Å². The summed E-state index contributed by atoms with van der Waals surface area (Å²) in [5, 5.41) is 10.3. The first kappa shape index (κ1) is 16.9. The molecule has 0 fully saturated rings. The van der Waals surface area contributed by atoms with Crippen LogP contribution in [0.15, 0.2) is 30.6 Å². The number of hydrogen-bond donors (Lipinski definition) is 0. The van der Waals surface area contributed by atoms with E-state index in [9.17, 15) is 5.26 Å². The van der Waals surface area contributed by atoms with E-state index in [2.05, 4.69) is 11.0 Å². The highest BCUT2D eigenvalue weighted by molar-refractivity contribution is 6.43. The van der Waals surface area contributed by atoms with Gasteiger partial charge in [0.15, 0.2) is 0 Å². The summed E-state index contributed by atoms with van der Waals surface area (Å²) < 4.78 is 7.02. The highest BCUT2D eigenvalue weighted by Gasteiger charge is 2.14. The molecule has 0 N–H and O–H groups in total. The van der Waals surface area contributed by atoms with Crippen LogP contribution in [0.1, 0.15) is 5.56 Å². The fraction of sp³-hybridized carbons (Fsp3) is 0.312. The molecule has 0 aliphatic carbocycles. The Morgan fingerprint density at radius 3 is 2.73 bits per heavy atom. The lowest BCUT2D eigenvalue weighted by atomic mass is 10.1. The van der Waals surface area contributed by atoms with Gasteiger partial charge < -0.3 is 9.30 Å². The second-order valence-corrected chi connectivity index (χ2v) is 5.81. The molecule has 1 aromatic carbocycles. The van der Waals surface area contributed by atoms with Crippen molar-refractivity contribution in [3.8, 4) is 17.2 Å². The van der Waals surface area contributed by atoms with Gasteiger partial charge >= 0.3 is 0 Å². The van der Waals surface area contributed by atoms with Crippen LogP contribution in [0.5, 0.6) is 0 Å². The second kappa shape index (κ2) is 7.66. The smallest absolute Gasteiger partial charge is 0.101 e. The summed E-state index contributed by atoms with van der Waals surface area (Å²) in [6.07, 6.45) is 3.73. The maximum atomic E-state index is 9.36. The molecule has 0 atom stereocenters. The maximum absolute atomic E-state index is 9.36. The van der Waals surface area contributed by atoms with Crippen molar-refractivity contribution in [3.63, 3.8) is 0 Å². The largest absolute Gasteiger partial charge is 0.383 e. The van der Waals surface area contributed by atoms with Crippen molar-refractivity contribution in [1.82, 2.24) is 9.47 Å². The fourth-order valence-electron chi connectivity index (χ4n) is 2.20. The van der Waals surface area contributed by atoms with Crippen LogP contribution < -0.4 is 0 Å². The Labute approximate surface area is 140 Å². The lowest BCUT2D eigenvalue weighted by molar-refractivity contribution is 0.146. The van der Waals surface area contributed by atoms with Crippen molar-refractivity contribution in [2.75, 3.05) is 27.3 Å². The van der Waals surface area contributed by atoms with Crippen LogP contribution in [0.3, 0.4) is 0 Å². The Balaban J connectivity index is 2.30. The molecular formula is C16H17Cl2N3O. The van der Waals surface area contributed by atoms with E-state index in [4.69, 9.17) is 27.9 Å². The summed E-state index contributed by atoms with van der Waals surface area (Å²) in [4.78, 5) is 2.11. The third-order valence-corrected chi connectivity index (χ3v) is 4.14. The highest BCUT2D eigenvalue weighted by Crippen LogP contribution is 2.35. The Hall–Kier alpha value is -1.51.